The van der Waals surface area contributed by atoms with Gasteiger partial charge in [0.05, 0.1) is 0 Å². The number of alkyl halides is 6. The van der Waals surface area contributed by atoms with Crippen LogP contribution in [0.3, 0.4) is 0 Å². The Hall–Kier alpha value is -2.04. The number of hydrogen-bond donors (Lipinski definition) is 2. The van der Waals surface area contributed by atoms with Crippen molar-refractivity contribution in [3.63, 3.8) is 0 Å². The number of aliphatic hydroxyl groups excluding tert-OH is 1. The van der Waals surface area contributed by atoms with Crippen LogP contribution in [0.5, 0.6) is 0 Å². The molecule has 5 nitrogen and oxygen atoms in total. The molecule has 150 valence electrons. The lowest BCUT2D eigenvalue weighted by Gasteiger charge is -2.24. The lowest BCUT2D eigenvalue weighted by Crippen LogP contribution is -2.49. The van der Waals surface area contributed by atoms with Gasteiger partial charge in [0.2, 0.25) is 6.10 Å². The standard InChI is InChI=1S/C16H17F6N3O2/c17-15(18,19)11-2-1-3-12(24-11)25-6-8-4-5-10(9(8)7-25)23-14(27)13(26)16(20,21)22/h1-3,8-10,13,26H,4-7H2,(H,23,27)/t8-,9+,10+,13+/m1/s1. The molecule has 11 heteroatoms. The molecular formula is C16H17F6N3O2. The van der Waals surface area contributed by atoms with Crippen LogP contribution < -0.4 is 10.2 Å². The summed E-state index contributed by atoms with van der Waals surface area (Å²) < 4.78 is 75.8. The number of halogens is 6. The molecule has 1 amide bonds. The van der Waals surface area contributed by atoms with E-state index in [2.05, 4.69) is 10.3 Å². The summed E-state index contributed by atoms with van der Waals surface area (Å²) in [5.41, 5.74) is -1.02. The number of nitrogens with one attached hydrogen (secondary N) is 1. The van der Waals surface area contributed by atoms with Crippen molar-refractivity contribution in [2.75, 3.05) is 18.0 Å². The van der Waals surface area contributed by atoms with Crippen molar-refractivity contribution in [3.8, 4) is 0 Å². The van der Waals surface area contributed by atoms with Crippen molar-refractivity contribution >= 4 is 11.7 Å². The van der Waals surface area contributed by atoms with Crippen molar-refractivity contribution in [2.24, 2.45) is 11.8 Å². The Bertz CT molecular complexity index is 708. The molecule has 4 atom stereocenters. The molecule has 0 bridgehead atoms. The first-order valence-electron chi connectivity index (χ1n) is 8.31. The van der Waals surface area contributed by atoms with Crippen molar-refractivity contribution < 1.29 is 36.2 Å². The Labute approximate surface area is 150 Å². The van der Waals surface area contributed by atoms with Crippen LogP contribution in [-0.4, -0.2) is 47.4 Å². The zero-order valence-electron chi connectivity index (χ0n) is 13.9. The molecule has 2 N–H and O–H groups in total. The van der Waals surface area contributed by atoms with Crippen molar-refractivity contribution in [1.29, 1.82) is 0 Å². The molecule has 3 rings (SSSR count). The predicted molar refractivity (Wildman–Crippen MR) is 81.7 cm³/mol. The van der Waals surface area contributed by atoms with Crippen molar-refractivity contribution in [1.82, 2.24) is 10.3 Å². The molecule has 0 aromatic carbocycles. The Morgan fingerprint density at radius 2 is 1.89 bits per heavy atom. The number of anilines is 1. The van der Waals surface area contributed by atoms with Gasteiger partial charge in [-0.15, -0.1) is 0 Å². The minimum absolute atomic E-state index is 0.0228. The first kappa shape index (κ1) is 19.7. The number of aromatic nitrogens is 1. The second-order valence-corrected chi connectivity index (χ2v) is 6.84. The summed E-state index contributed by atoms with van der Waals surface area (Å²) >= 11 is 0. The molecular weight excluding hydrogens is 380 g/mol. The van der Waals surface area contributed by atoms with Crippen LogP contribution in [-0.2, 0) is 11.0 Å². The second-order valence-electron chi connectivity index (χ2n) is 6.84. The van der Waals surface area contributed by atoms with Gasteiger partial charge in [0.15, 0.2) is 0 Å². The third-order valence-electron chi connectivity index (χ3n) is 5.09. The van der Waals surface area contributed by atoms with E-state index >= 15 is 0 Å². The highest BCUT2D eigenvalue weighted by molar-refractivity contribution is 5.81. The Morgan fingerprint density at radius 1 is 1.19 bits per heavy atom. The fourth-order valence-corrected chi connectivity index (χ4v) is 3.80. The molecule has 2 fully saturated rings. The summed E-state index contributed by atoms with van der Waals surface area (Å²) in [6, 6.07) is 2.98. The largest absolute Gasteiger partial charge is 0.433 e. The van der Waals surface area contributed by atoms with Gasteiger partial charge in [0.1, 0.15) is 11.5 Å². The van der Waals surface area contributed by atoms with Gasteiger partial charge in [0.25, 0.3) is 5.91 Å². The Morgan fingerprint density at radius 3 is 2.52 bits per heavy atom. The molecule has 0 spiro atoms. The average molecular weight is 397 g/mol. The van der Waals surface area contributed by atoms with E-state index in [1.165, 1.54) is 12.1 Å². The fourth-order valence-electron chi connectivity index (χ4n) is 3.80. The maximum absolute atomic E-state index is 12.8. The van der Waals surface area contributed by atoms with E-state index in [-0.39, 0.29) is 24.2 Å². The van der Waals surface area contributed by atoms with Crippen LogP contribution in [0.15, 0.2) is 18.2 Å². The van der Waals surface area contributed by atoms with Crippen LogP contribution in [0.1, 0.15) is 18.5 Å². The highest BCUT2D eigenvalue weighted by Gasteiger charge is 2.48. The molecule has 1 aromatic rings. The minimum atomic E-state index is -5.05. The number of carbonyl (C=O) groups is 1. The van der Waals surface area contributed by atoms with E-state index in [9.17, 15) is 31.1 Å². The first-order chi connectivity index (χ1) is 12.5. The Kier molecular flexibility index (Phi) is 5.00. The SMILES string of the molecule is O=C(N[C@H]1CC[C@@H]2CN(c3cccc(C(F)(F)F)n3)C[C@@H]21)[C@H](O)C(F)(F)F. The van der Waals surface area contributed by atoms with Crippen LogP contribution in [0, 0.1) is 11.8 Å². The smallest absolute Gasteiger partial charge is 0.376 e. The molecule has 1 saturated carbocycles. The molecule has 2 aliphatic rings. The van der Waals surface area contributed by atoms with E-state index in [1.807, 2.05) is 0 Å². The average Bonchev–Trinajstić information content (AvgIpc) is 3.14. The molecule has 0 radical (unpaired) electrons. The molecule has 1 aliphatic heterocycles. The van der Waals surface area contributed by atoms with Gasteiger partial charge in [-0.1, -0.05) is 6.07 Å². The lowest BCUT2D eigenvalue weighted by molar-refractivity contribution is -0.205. The summed E-state index contributed by atoms with van der Waals surface area (Å²) in [7, 11) is 0. The van der Waals surface area contributed by atoms with E-state index in [4.69, 9.17) is 5.11 Å². The topological polar surface area (TPSA) is 65.5 Å². The quantitative estimate of drug-likeness (QED) is 0.769. The van der Waals surface area contributed by atoms with Gasteiger partial charge in [-0.3, -0.25) is 4.79 Å². The number of fused-ring (bicyclic) bond motifs is 1. The zero-order chi connectivity index (χ0) is 20.0. The van der Waals surface area contributed by atoms with E-state index in [1.54, 1.807) is 4.90 Å². The number of hydrogen-bond acceptors (Lipinski definition) is 4. The van der Waals surface area contributed by atoms with Crippen LogP contribution >= 0.6 is 0 Å². The number of pyridine rings is 1. The predicted octanol–water partition coefficient (Wildman–Crippen LogP) is 2.35. The second kappa shape index (κ2) is 6.84. The minimum Gasteiger partial charge on any atom is -0.376 e. The molecule has 1 aliphatic carbocycles. The monoisotopic (exact) mass is 397 g/mol. The molecule has 1 aromatic heterocycles. The first-order valence-corrected chi connectivity index (χ1v) is 8.31. The maximum atomic E-state index is 12.8. The number of nitrogens with zero attached hydrogens (tertiary/aromatic N) is 2. The van der Waals surface area contributed by atoms with Gasteiger partial charge >= 0.3 is 12.4 Å². The molecule has 0 unspecified atom stereocenters. The summed E-state index contributed by atoms with van der Waals surface area (Å²) in [4.78, 5) is 16.9. The summed E-state index contributed by atoms with van der Waals surface area (Å²) in [6.45, 7) is 0.680. The van der Waals surface area contributed by atoms with Gasteiger partial charge in [-0.25, -0.2) is 4.98 Å². The number of carbonyl (C=O) groups excluding carboxylic acids is 1. The van der Waals surface area contributed by atoms with Crippen molar-refractivity contribution in [3.05, 3.63) is 23.9 Å². The zero-order valence-corrected chi connectivity index (χ0v) is 13.9. The van der Waals surface area contributed by atoms with Gasteiger partial charge in [-0.05, 0) is 30.9 Å². The highest BCUT2D eigenvalue weighted by Crippen LogP contribution is 2.40. The normalized spacial score (nSPS) is 26.8. The van der Waals surface area contributed by atoms with Crippen LogP contribution in [0.4, 0.5) is 32.2 Å². The molecule has 2 heterocycles. The summed E-state index contributed by atoms with van der Waals surface area (Å²) in [6.07, 6.45) is -11.6. The third-order valence-corrected chi connectivity index (χ3v) is 5.09. The van der Waals surface area contributed by atoms with Crippen molar-refractivity contribution in [2.45, 2.75) is 37.3 Å². The third kappa shape index (κ3) is 4.12. The van der Waals surface area contributed by atoms with E-state index in [0.29, 0.717) is 19.4 Å². The van der Waals surface area contributed by atoms with E-state index < -0.39 is 36.1 Å². The number of aliphatic hydroxyl groups is 1. The molecule has 27 heavy (non-hydrogen) atoms. The van der Waals surface area contributed by atoms with Gasteiger partial charge in [0, 0.05) is 25.0 Å². The summed E-state index contributed by atoms with van der Waals surface area (Å²) in [5.74, 6) is -1.57. The Balaban J connectivity index is 1.67. The number of rotatable bonds is 3. The van der Waals surface area contributed by atoms with Crippen LogP contribution in [0.25, 0.3) is 0 Å². The maximum Gasteiger partial charge on any atom is 0.433 e. The lowest BCUT2D eigenvalue weighted by atomic mass is 9.97. The highest BCUT2D eigenvalue weighted by atomic mass is 19.4. The number of amides is 1. The summed E-state index contributed by atoms with van der Waals surface area (Å²) in [5, 5.41) is 11.3. The van der Waals surface area contributed by atoms with Gasteiger partial charge in [-0.2, -0.15) is 26.3 Å². The molecule has 1 saturated heterocycles. The van der Waals surface area contributed by atoms with Gasteiger partial charge < -0.3 is 15.3 Å². The van der Waals surface area contributed by atoms with E-state index in [0.717, 1.165) is 6.07 Å². The fraction of sp³-hybridized carbons (Fsp3) is 0.625. The van der Waals surface area contributed by atoms with Crippen LogP contribution in [0.2, 0.25) is 0 Å².